The number of hydrogen-bond acceptors (Lipinski definition) is 5. The standard InChI is InChI=1S/C74H120O2S3/c1-7-11-15-19-23-25-27-29-33-37-41-57(39-35-31-21-17-13-9-3)49-59-51-64-63(71-61(59)53-65(73(71)75)67-45-43-55(5)77-67)52-60(62-54-66(74(76)72(62)64)68-47-48-70(79-68)69-46-44-56(6)78-69)50-58(40-36-32-22-18-14-10-4)42-38-34-30-28-26-24-20-16-12-8-2/h43-48,57-66,71-72H,7-42,49-54H2,1-6H3. The van der Waals surface area contributed by atoms with Crippen molar-refractivity contribution in [3.8, 4) is 9.75 Å². The van der Waals surface area contributed by atoms with Crippen molar-refractivity contribution in [2.24, 2.45) is 59.2 Å². The zero-order valence-corrected chi connectivity index (χ0v) is 54.6. The number of hydrogen-bond donors (Lipinski definition) is 0. The van der Waals surface area contributed by atoms with Gasteiger partial charge in [-0.05, 0) is 136 Å². The minimum atomic E-state index is 0.0177. The molecule has 4 saturated carbocycles. The molecule has 2 nitrogen and oxygen atoms in total. The van der Waals surface area contributed by atoms with Crippen LogP contribution in [0, 0.1) is 73.0 Å². The lowest BCUT2D eigenvalue weighted by Crippen LogP contribution is -2.50. The van der Waals surface area contributed by atoms with E-state index in [0.29, 0.717) is 47.1 Å². The molecular weight excluding hydrogens is 1020 g/mol. The number of rotatable bonds is 43. The maximum atomic E-state index is 15.9. The van der Waals surface area contributed by atoms with Crippen LogP contribution in [0.1, 0.15) is 329 Å². The average molecular weight is 1140 g/mol. The van der Waals surface area contributed by atoms with Crippen molar-refractivity contribution in [2.45, 2.75) is 323 Å². The summed E-state index contributed by atoms with van der Waals surface area (Å²) < 4.78 is 0. The summed E-state index contributed by atoms with van der Waals surface area (Å²) >= 11 is 5.72. The predicted octanol–water partition coefficient (Wildman–Crippen LogP) is 24.8. The fourth-order valence-electron chi connectivity index (χ4n) is 17.0. The molecule has 0 aliphatic heterocycles. The second kappa shape index (κ2) is 36.3. The van der Waals surface area contributed by atoms with Gasteiger partial charge in [-0.25, -0.2) is 0 Å². The second-order valence-corrected chi connectivity index (χ2v) is 31.1. The Morgan fingerprint density at radius 3 is 1.00 bits per heavy atom. The minimum absolute atomic E-state index is 0.0177. The third-order valence-electron chi connectivity index (χ3n) is 21.3. The van der Waals surface area contributed by atoms with Crippen molar-refractivity contribution in [3.05, 3.63) is 55.9 Å². The first kappa shape index (κ1) is 65.0. The molecule has 5 heteroatoms. The Kier molecular flexibility index (Phi) is 29.9. The van der Waals surface area contributed by atoms with Gasteiger partial charge in [-0.1, -0.05) is 259 Å². The van der Waals surface area contributed by atoms with Crippen molar-refractivity contribution in [3.63, 3.8) is 0 Å². The Hall–Kier alpha value is -1.56. The van der Waals surface area contributed by atoms with Gasteiger partial charge in [0.15, 0.2) is 0 Å². The molecule has 0 amide bonds. The first-order valence-corrected chi connectivity index (χ1v) is 37.5. The van der Waals surface area contributed by atoms with E-state index < -0.39 is 0 Å². The van der Waals surface area contributed by atoms with E-state index in [9.17, 15) is 0 Å². The molecule has 79 heavy (non-hydrogen) atoms. The molecule has 3 aromatic rings. The van der Waals surface area contributed by atoms with E-state index in [4.69, 9.17) is 0 Å². The van der Waals surface area contributed by atoms with Gasteiger partial charge in [0, 0.05) is 41.1 Å². The van der Waals surface area contributed by atoms with Crippen LogP contribution in [-0.4, -0.2) is 11.6 Å². The highest BCUT2D eigenvalue weighted by atomic mass is 32.1. The van der Waals surface area contributed by atoms with Crippen LogP contribution in [0.4, 0.5) is 0 Å². The van der Waals surface area contributed by atoms with Gasteiger partial charge in [0.05, 0.1) is 11.8 Å². The Morgan fingerprint density at radius 2 is 0.658 bits per heavy atom. The highest BCUT2D eigenvalue weighted by Gasteiger charge is 2.62. The van der Waals surface area contributed by atoms with Crippen molar-refractivity contribution < 1.29 is 9.59 Å². The molecule has 12 unspecified atom stereocenters. The molecule has 0 N–H and O–H groups in total. The van der Waals surface area contributed by atoms with Crippen LogP contribution < -0.4 is 0 Å². The van der Waals surface area contributed by atoms with Crippen molar-refractivity contribution in [2.75, 3.05) is 0 Å². The van der Waals surface area contributed by atoms with Gasteiger partial charge in [-0.15, -0.1) is 34.0 Å². The number of ketones is 2. The van der Waals surface area contributed by atoms with Gasteiger partial charge in [0.25, 0.3) is 0 Å². The quantitative estimate of drug-likeness (QED) is 0.0529. The number of unbranched alkanes of at least 4 members (excludes halogenated alkanes) is 28. The van der Waals surface area contributed by atoms with Gasteiger partial charge in [-0.2, -0.15) is 0 Å². The fourth-order valence-corrected chi connectivity index (χ4v) is 20.1. The average Bonchev–Trinajstić information content (AvgIpc) is 3.96. The molecular formula is C74H120O2S3. The highest BCUT2D eigenvalue weighted by Crippen LogP contribution is 2.65. The fraction of sp³-hybridized carbons (Fsp3) is 0.811. The molecule has 0 saturated heterocycles. The zero-order valence-electron chi connectivity index (χ0n) is 52.1. The Bertz CT molecular complexity index is 2100. The summed E-state index contributed by atoms with van der Waals surface area (Å²) in [5, 5.41) is 0. The normalized spacial score (nSPS) is 25.5. The van der Waals surface area contributed by atoms with Gasteiger partial charge in [0.1, 0.15) is 11.6 Å². The summed E-state index contributed by atoms with van der Waals surface area (Å²) in [7, 11) is 0. The van der Waals surface area contributed by atoms with Crippen LogP contribution in [0.5, 0.6) is 0 Å². The van der Waals surface area contributed by atoms with Crippen LogP contribution >= 0.6 is 34.0 Å². The molecule has 446 valence electrons. The molecule has 3 heterocycles. The molecule has 4 aliphatic rings. The van der Waals surface area contributed by atoms with E-state index in [-0.39, 0.29) is 23.7 Å². The maximum Gasteiger partial charge on any atom is 0.144 e. The highest BCUT2D eigenvalue weighted by molar-refractivity contribution is 7.22. The summed E-state index contributed by atoms with van der Waals surface area (Å²) in [4.78, 5) is 39.7. The van der Waals surface area contributed by atoms with E-state index in [1.54, 1.807) is 0 Å². The summed E-state index contributed by atoms with van der Waals surface area (Å²) in [6.45, 7) is 13.8. The largest absolute Gasteiger partial charge is 0.299 e. The van der Waals surface area contributed by atoms with E-state index in [2.05, 4.69) is 77.9 Å². The topological polar surface area (TPSA) is 34.1 Å². The number of fused-ring (bicyclic) bond motifs is 5. The Morgan fingerprint density at radius 1 is 0.354 bits per heavy atom. The summed E-state index contributed by atoms with van der Waals surface area (Å²) in [5.41, 5.74) is 0. The Labute approximate surface area is 499 Å². The lowest BCUT2D eigenvalue weighted by molar-refractivity contribution is -0.139. The molecule has 0 aromatic carbocycles. The van der Waals surface area contributed by atoms with Crippen LogP contribution in [-0.2, 0) is 9.59 Å². The number of Topliss-reactive ketones (excluding diaryl/α,β-unsaturated/α-hetero) is 2. The van der Waals surface area contributed by atoms with Crippen LogP contribution in [0.25, 0.3) is 9.75 Å². The monoisotopic (exact) mass is 1140 g/mol. The summed E-state index contributed by atoms with van der Waals surface area (Å²) in [6.07, 6.45) is 57.0. The smallest absolute Gasteiger partial charge is 0.144 e. The molecule has 4 fully saturated rings. The van der Waals surface area contributed by atoms with E-state index >= 15 is 9.59 Å². The first-order valence-electron chi connectivity index (χ1n) is 35.0. The number of aryl methyl sites for hydroxylation is 2. The van der Waals surface area contributed by atoms with Gasteiger partial charge >= 0.3 is 0 Å². The van der Waals surface area contributed by atoms with Crippen LogP contribution in [0.2, 0.25) is 0 Å². The molecule has 3 aromatic heterocycles. The number of carbonyl (C=O) groups is 2. The maximum absolute atomic E-state index is 15.9. The van der Waals surface area contributed by atoms with E-state index in [1.165, 1.54) is 286 Å². The molecule has 12 atom stereocenters. The van der Waals surface area contributed by atoms with Crippen LogP contribution in [0.3, 0.4) is 0 Å². The van der Waals surface area contributed by atoms with E-state index in [1.807, 2.05) is 34.0 Å². The molecule has 4 aliphatic carbocycles. The first-order chi connectivity index (χ1) is 38.7. The minimum Gasteiger partial charge on any atom is -0.299 e. The SMILES string of the molecule is CCCCCCCCCCCCC(CCCCCCCC)CC1CC2C(CC(CC(CCCCCCCC)CCCCCCCCCCCC)C3CC(c4ccc(-c5ccc(C)s5)s4)C(=O)C32)C2C(=O)C(c3ccc(C)s3)CC12. The second-order valence-electron chi connectivity index (χ2n) is 27.4. The third-order valence-corrected chi connectivity index (χ3v) is 24.8. The predicted molar refractivity (Wildman–Crippen MR) is 348 cm³/mol. The van der Waals surface area contributed by atoms with Gasteiger partial charge in [-0.3, -0.25) is 9.59 Å². The number of carbonyl (C=O) groups excluding carboxylic acids is 2. The lowest BCUT2D eigenvalue weighted by Gasteiger charge is -2.53. The van der Waals surface area contributed by atoms with Gasteiger partial charge in [0.2, 0.25) is 0 Å². The molecule has 0 radical (unpaired) electrons. The Balaban J connectivity index is 1.14. The summed E-state index contributed by atoms with van der Waals surface area (Å²) in [5.74, 6) is 5.78. The van der Waals surface area contributed by atoms with Crippen molar-refractivity contribution in [1.82, 2.24) is 0 Å². The molecule has 0 bridgehead atoms. The molecule has 7 rings (SSSR count). The van der Waals surface area contributed by atoms with Crippen molar-refractivity contribution in [1.29, 1.82) is 0 Å². The summed E-state index contributed by atoms with van der Waals surface area (Å²) in [6, 6.07) is 13.9. The van der Waals surface area contributed by atoms with Crippen molar-refractivity contribution >= 4 is 45.6 Å². The van der Waals surface area contributed by atoms with Gasteiger partial charge < -0.3 is 0 Å². The van der Waals surface area contributed by atoms with Crippen LogP contribution in [0.15, 0.2) is 36.4 Å². The lowest BCUT2D eigenvalue weighted by atomic mass is 9.50. The molecule has 0 spiro atoms. The zero-order chi connectivity index (χ0) is 55.6. The number of thiophene rings is 3. The van der Waals surface area contributed by atoms with E-state index in [0.717, 1.165) is 24.7 Å². The third kappa shape index (κ3) is 20.0.